The third-order valence-electron chi connectivity index (χ3n) is 9.17. The summed E-state index contributed by atoms with van der Waals surface area (Å²) in [6.45, 7) is 12.4. The molecule has 0 amide bonds. The van der Waals surface area contributed by atoms with E-state index >= 15 is 0 Å². The summed E-state index contributed by atoms with van der Waals surface area (Å²) >= 11 is 0. The van der Waals surface area contributed by atoms with Gasteiger partial charge in [0.2, 0.25) is 0 Å². The Labute approximate surface area is 266 Å². The Balaban J connectivity index is 0.000000308. The van der Waals surface area contributed by atoms with E-state index in [0.717, 1.165) is 56.9 Å². The molecule has 1 saturated carbocycles. The molecule has 9 heteroatoms. The van der Waals surface area contributed by atoms with E-state index in [2.05, 4.69) is 27.7 Å². The summed E-state index contributed by atoms with van der Waals surface area (Å²) in [6.07, 6.45) is 9.01. The minimum absolute atomic E-state index is 0.137. The van der Waals surface area contributed by atoms with E-state index in [1.54, 1.807) is 24.3 Å². The molecule has 0 aromatic heterocycles. The van der Waals surface area contributed by atoms with Crippen LogP contribution >= 0.6 is 0 Å². The zero-order valence-electron chi connectivity index (χ0n) is 27.6. The molecule has 1 aliphatic rings. The van der Waals surface area contributed by atoms with Gasteiger partial charge in [0.25, 0.3) is 10.1 Å². The van der Waals surface area contributed by atoms with Crippen LogP contribution in [0.15, 0.2) is 58.3 Å². The molecule has 0 heterocycles. The van der Waals surface area contributed by atoms with Crippen molar-refractivity contribution in [1.29, 1.82) is 0 Å². The number of benzene rings is 2. The second-order valence-corrected chi connectivity index (χ2v) is 15.7. The number of hydrogen-bond donors (Lipinski definition) is 0. The van der Waals surface area contributed by atoms with Crippen LogP contribution in [0.25, 0.3) is 0 Å². The van der Waals surface area contributed by atoms with Crippen LogP contribution in [0.4, 0.5) is 0 Å². The Morgan fingerprint density at radius 2 is 1.09 bits per heavy atom. The Bertz CT molecular complexity index is 1400. The normalized spacial score (nSPS) is 14.8. The Kier molecular flexibility index (Phi) is 14.4. The SMILES string of the molecule is CCC(CC)c1ccc(S(=O)(=O)CC(C)(C(C)=O)C(C)=O)cc1.CCC(CC)c1ccc(S(=O)(=O)OC2CCCCC2)cc1. The predicted octanol–water partition coefficient (Wildman–Crippen LogP) is 8.18. The van der Waals surface area contributed by atoms with Crippen molar-refractivity contribution >= 4 is 31.5 Å². The summed E-state index contributed by atoms with van der Waals surface area (Å²) in [5, 5.41) is 0. The molecule has 1 aliphatic carbocycles. The topological polar surface area (TPSA) is 112 Å². The Hall–Kier alpha value is -2.36. The molecule has 0 atom stereocenters. The minimum Gasteiger partial charge on any atom is -0.299 e. The van der Waals surface area contributed by atoms with Gasteiger partial charge in [0.1, 0.15) is 11.6 Å². The van der Waals surface area contributed by atoms with E-state index in [0.29, 0.717) is 11.8 Å². The van der Waals surface area contributed by atoms with Crippen molar-refractivity contribution in [3.8, 4) is 0 Å². The van der Waals surface area contributed by atoms with Gasteiger partial charge in [0, 0.05) is 0 Å². The van der Waals surface area contributed by atoms with Crippen LogP contribution in [-0.2, 0) is 33.7 Å². The summed E-state index contributed by atoms with van der Waals surface area (Å²) in [5.74, 6) is -0.438. The van der Waals surface area contributed by atoms with Crippen LogP contribution in [0, 0.1) is 5.41 Å². The molecule has 0 radical (unpaired) electrons. The number of hydrogen-bond acceptors (Lipinski definition) is 7. The van der Waals surface area contributed by atoms with Crippen molar-refractivity contribution in [2.24, 2.45) is 5.41 Å². The lowest BCUT2D eigenvalue weighted by Crippen LogP contribution is -2.40. The van der Waals surface area contributed by atoms with E-state index in [1.165, 1.54) is 32.8 Å². The molecule has 2 aromatic rings. The van der Waals surface area contributed by atoms with Crippen LogP contribution in [0.5, 0.6) is 0 Å². The first-order valence-electron chi connectivity index (χ1n) is 16.0. The fraction of sp³-hybridized carbons (Fsp3) is 0.600. The zero-order valence-corrected chi connectivity index (χ0v) is 29.2. The van der Waals surface area contributed by atoms with Crippen molar-refractivity contribution in [2.45, 2.75) is 134 Å². The van der Waals surface area contributed by atoms with Crippen LogP contribution in [0.1, 0.15) is 129 Å². The van der Waals surface area contributed by atoms with Gasteiger partial charge in [-0.25, -0.2) is 8.42 Å². The van der Waals surface area contributed by atoms with Crippen molar-refractivity contribution in [2.75, 3.05) is 5.75 Å². The maximum Gasteiger partial charge on any atom is 0.297 e. The maximum atomic E-state index is 12.6. The quantitative estimate of drug-likeness (QED) is 0.150. The molecule has 44 heavy (non-hydrogen) atoms. The fourth-order valence-corrected chi connectivity index (χ4v) is 8.70. The van der Waals surface area contributed by atoms with Crippen molar-refractivity contribution in [1.82, 2.24) is 0 Å². The molecule has 0 spiro atoms. The molecule has 0 unspecified atom stereocenters. The molecule has 3 rings (SSSR count). The number of rotatable bonds is 14. The fourth-order valence-electron chi connectivity index (χ4n) is 5.68. The van der Waals surface area contributed by atoms with Crippen LogP contribution in [-0.4, -0.2) is 40.3 Å². The lowest BCUT2D eigenvalue weighted by atomic mass is 9.85. The molecule has 0 aliphatic heterocycles. The summed E-state index contributed by atoms with van der Waals surface area (Å²) < 4.78 is 55.1. The van der Waals surface area contributed by atoms with Crippen molar-refractivity contribution in [3.63, 3.8) is 0 Å². The molecular weight excluding hydrogens is 597 g/mol. The third-order valence-corrected chi connectivity index (χ3v) is 12.5. The monoisotopic (exact) mass is 648 g/mol. The van der Waals surface area contributed by atoms with Gasteiger partial charge in [0.15, 0.2) is 9.84 Å². The zero-order chi connectivity index (χ0) is 33.1. The average molecular weight is 649 g/mol. The molecule has 0 N–H and O–H groups in total. The highest BCUT2D eigenvalue weighted by Gasteiger charge is 2.40. The van der Waals surface area contributed by atoms with E-state index < -0.39 is 42.7 Å². The highest BCUT2D eigenvalue weighted by Crippen LogP contribution is 2.29. The first-order valence-corrected chi connectivity index (χ1v) is 19.1. The predicted molar refractivity (Wildman–Crippen MR) is 176 cm³/mol. The molecule has 246 valence electrons. The van der Waals surface area contributed by atoms with E-state index in [4.69, 9.17) is 4.18 Å². The second-order valence-electron chi connectivity index (χ2n) is 12.2. The van der Waals surface area contributed by atoms with E-state index in [-0.39, 0.29) is 15.9 Å². The molecule has 0 saturated heterocycles. The number of Topliss-reactive ketones (excluding diaryl/α,β-unsaturated/α-hetero) is 2. The highest BCUT2D eigenvalue weighted by atomic mass is 32.2. The summed E-state index contributed by atoms with van der Waals surface area (Å²) in [6, 6.07) is 14.0. The van der Waals surface area contributed by atoms with Crippen molar-refractivity contribution in [3.05, 3.63) is 59.7 Å². The summed E-state index contributed by atoms with van der Waals surface area (Å²) in [4.78, 5) is 23.9. The molecule has 7 nitrogen and oxygen atoms in total. The van der Waals surface area contributed by atoms with Gasteiger partial charge in [0.05, 0.1) is 27.1 Å². The first-order chi connectivity index (χ1) is 20.6. The number of sulfone groups is 1. The lowest BCUT2D eigenvalue weighted by Gasteiger charge is -2.23. The number of carbonyl (C=O) groups is 2. The van der Waals surface area contributed by atoms with Gasteiger partial charge < -0.3 is 0 Å². The second kappa shape index (κ2) is 16.8. The average Bonchev–Trinajstić information content (AvgIpc) is 2.99. The summed E-state index contributed by atoms with van der Waals surface area (Å²) in [5.41, 5.74) is 0.818. The molecule has 2 aromatic carbocycles. The van der Waals surface area contributed by atoms with Gasteiger partial charge in [-0.05, 0) is 107 Å². The van der Waals surface area contributed by atoms with E-state index in [9.17, 15) is 26.4 Å². The third kappa shape index (κ3) is 10.1. The maximum absolute atomic E-state index is 12.6. The van der Waals surface area contributed by atoms with Gasteiger partial charge in [-0.2, -0.15) is 8.42 Å². The van der Waals surface area contributed by atoms with Crippen LogP contribution < -0.4 is 0 Å². The standard InChI is InChI=1S/C18H26O4S.C17H26O3S/c1-6-15(7-2)16-8-10-17(11-9-16)23(21,22)12-18(5,13(3)19)14(4)20;1-3-14(4-2)15-10-12-17(13-11-15)21(18,19)20-16-8-6-5-7-9-16/h8-11,15H,6-7,12H2,1-5H3;10-14,16H,3-9H2,1-2H3. The van der Waals surface area contributed by atoms with Gasteiger partial charge in [-0.15, -0.1) is 0 Å². The number of ketones is 2. The Morgan fingerprint density at radius 1 is 0.705 bits per heavy atom. The molecule has 1 fully saturated rings. The van der Waals surface area contributed by atoms with Crippen molar-refractivity contribution < 1.29 is 30.6 Å². The van der Waals surface area contributed by atoms with Crippen LogP contribution in [0.2, 0.25) is 0 Å². The summed E-state index contributed by atoms with van der Waals surface area (Å²) in [7, 11) is -7.32. The first kappa shape index (κ1) is 37.8. The molecule has 0 bridgehead atoms. The highest BCUT2D eigenvalue weighted by molar-refractivity contribution is 7.91. The number of carbonyl (C=O) groups excluding carboxylic acids is 2. The molecular formula is C35H52O7S2. The van der Waals surface area contributed by atoms with Crippen LogP contribution in [0.3, 0.4) is 0 Å². The van der Waals surface area contributed by atoms with Gasteiger partial charge in [-0.3, -0.25) is 13.8 Å². The van der Waals surface area contributed by atoms with E-state index in [1.807, 2.05) is 24.3 Å². The Morgan fingerprint density at radius 3 is 1.45 bits per heavy atom. The lowest BCUT2D eigenvalue weighted by molar-refractivity contribution is -0.135. The largest absolute Gasteiger partial charge is 0.299 e. The smallest absolute Gasteiger partial charge is 0.297 e. The van der Waals surface area contributed by atoms with Gasteiger partial charge in [-0.1, -0.05) is 71.2 Å². The van der Waals surface area contributed by atoms with Gasteiger partial charge >= 0.3 is 0 Å². The minimum atomic E-state index is -3.71.